The Kier molecular flexibility index (Phi) is 2.89. The monoisotopic (exact) mass is 287 g/mol. The number of nitrogens with one attached hydrogen (secondary N) is 1. The van der Waals surface area contributed by atoms with Crippen LogP contribution in [0.2, 0.25) is 0 Å². The number of aromatic nitrogens is 5. The molecule has 0 unspecified atom stereocenters. The highest BCUT2D eigenvalue weighted by molar-refractivity contribution is 5.88. The summed E-state index contributed by atoms with van der Waals surface area (Å²) in [6.45, 7) is 1.96. The third-order valence-electron chi connectivity index (χ3n) is 3.52. The Morgan fingerprint density at radius 3 is 2.64 bits per heavy atom. The molecule has 3 heterocycles. The van der Waals surface area contributed by atoms with Crippen LogP contribution in [-0.4, -0.2) is 25.1 Å². The Labute approximate surface area is 127 Å². The van der Waals surface area contributed by atoms with Crippen LogP contribution in [0.1, 0.15) is 5.69 Å². The third-order valence-corrected chi connectivity index (χ3v) is 3.52. The van der Waals surface area contributed by atoms with E-state index in [2.05, 4.69) is 20.2 Å². The quantitative estimate of drug-likeness (QED) is 0.613. The van der Waals surface area contributed by atoms with Crippen molar-refractivity contribution in [3.63, 3.8) is 0 Å². The Balaban J connectivity index is 1.90. The van der Waals surface area contributed by atoms with E-state index in [4.69, 9.17) is 4.98 Å². The zero-order valence-corrected chi connectivity index (χ0v) is 12.0. The first-order valence-corrected chi connectivity index (χ1v) is 7.01. The van der Waals surface area contributed by atoms with Crippen LogP contribution < -0.4 is 0 Å². The van der Waals surface area contributed by atoms with Gasteiger partial charge in [0, 0.05) is 23.0 Å². The van der Waals surface area contributed by atoms with Crippen molar-refractivity contribution in [3.05, 3.63) is 60.6 Å². The molecule has 0 atom stereocenters. The number of hydrogen-bond donors (Lipinski definition) is 1. The highest BCUT2D eigenvalue weighted by atomic mass is 15.2. The summed E-state index contributed by atoms with van der Waals surface area (Å²) in [7, 11) is 0. The maximum absolute atomic E-state index is 4.74. The van der Waals surface area contributed by atoms with Crippen molar-refractivity contribution < 1.29 is 0 Å². The van der Waals surface area contributed by atoms with Gasteiger partial charge in [0.05, 0.1) is 17.6 Å². The van der Waals surface area contributed by atoms with E-state index in [0.29, 0.717) is 5.65 Å². The van der Waals surface area contributed by atoms with Gasteiger partial charge < -0.3 is 0 Å². The predicted octanol–water partition coefficient (Wildman–Crippen LogP) is 3.39. The first-order valence-electron chi connectivity index (χ1n) is 7.01. The summed E-state index contributed by atoms with van der Waals surface area (Å²) in [5.74, 6) is 0. The molecule has 22 heavy (non-hydrogen) atoms. The van der Waals surface area contributed by atoms with E-state index in [9.17, 15) is 0 Å². The summed E-state index contributed by atoms with van der Waals surface area (Å²) in [5, 5.41) is 7.27. The number of nitrogens with zero attached hydrogens (tertiary/aromatic N) is 4. The molecular formula is C17H13N5. The van der Waals surface area contributed by atoms with Crippen molar-refractivity contribution in [2.45, 2.75) is 6.92 Å². The normalized spacial score (nSPS) is 11.0. The molecule has 0 saturated heterocycles. The standard InChI is InChI=1S/C17H13N5/c1-11-9-13(7-8-18-11)14-10-19-17-16(20-14)15(21-22-17)12-5-3-2-4-6-12/h2-10H,1H3,(H,19,21,22). The van der Waals surface area contributed by atoms with E-state index in [0.717, 1.165) is 33.7 Å². The zero-order chi connectivity index (χ0) is 14.9. The number of aryl methyl sites for hydroxylation is 1. The third kappa shape index (κ3) is 2.13. The van der Waals surface area contributed by atoms with Crippen molar-refractivity contribution >= 4 is 11.2 Å². The van der Waals surface area contributed by atoms with E-state index in [1.807, 2.05) is 49.4 Å². The number of pyridine rings is 1. The molecule has 0 amide bonds. The first kappa shape index (κ1) is 12.6. The molecule has 0 aliphatic heterocycles. The Morgan fingerprint density at radius 1 is 0.955 bits per heavy atom. The van der Waals surface area contributed by atoms with Crippen molar-refractivity contribution in [2.24, 2.45) is 0 Å². The molecule has 4 rings (SSSR count). The van der Waals surface area contributed by atoms with Gasteiger partial charge in [-0.1, -0.05) is 30.3 Å². The molecule has 5 nitrogen and oxygen atoms in total. The van der Waals surface area contributed by atoms with E-state index >= 15 is 0 Å². The Morgan fingerprint density at radius 2 is 1.82 bits per heavy atom. The van der Waals surface area contributed by atoms with Crippen LogP contribution in [-0.2, 0) is 0 Å². The van der Waals surface area contributed by atoms with E-state index in [-0.39, 0.29) is 0 Å². The smallest absolute Gasteiger partial charge is 0.200 e. The van der Waals surface area contributed by atoms with Crippen molar-refractivity contribution in [2.75, 3.05) is 0 Å². The summed E-state index contributed by atoms with van der Waals surface area (Å²) in [6, 6.07) is 14.0. The van der Waals surface area contributed by atoms with Gasteiger partial charge in [-0.2, -0.15) is 5.10 Å². The fourth-order valence-corrected chi connectivity index (χ4v) is 2.44. The molecule has 0 aliphatic rings. The van der Waals surface area contributed by atoms with Gasteiger partial charge in [-0.3, -0.25) is 10.1 Å². The first-order chi connectivity index (χ1) is 10.8. The molecule has 1 aromatic carbocycles. The molecule has 0 aliphatic carbocycles. The Hall–Kier alpha value is -3.08. The molecule has 106 valence electrons. The van der Waals surface area contributed by atoms with Crippen LogP contribution in [0, 0.1) is 6.92 Å². The van der Waals surface area contributed by atoms with Gasteiger partial charge in [-0.05, 0) is 19.1 Å². The van der Waals surface area contributed by atoms with Crippen molar-refractivity contribution in [1.29, 1.82) is 0 Å². The van der Waals surface area contributed by atoms with Crippen LogP contribution in [0.5, 0.6) is 0 Å². The highest BCUT2D eigenvalue weighted by Crippen LogP contribution is 2.26. The van der Waals surface area contributed by atoms with Gasteiger partial charge in [0.15, 0.2) is 5.65 Å². The molecule has 0 spiro atoms. The molecule has 0 bridgehead atoms. The van der Waals surface area contributed by atoms with Crippen LogP contribution in [0.3, 0.4) is 0 Å². The number of benzene rings is 1. The largest absolute Gasteiger partial charge is 0.273 e. The minimum absolute atomic E-state index is 0.619. The van der Waals surface area contributed by atoms with E-state index < -0.39 is 0 Å². The summed E-state index contributed by atoms with van der Waals surface area (Å²) in [6.07, 6.45) is 3.52. The average molecular weight is 287 g/mol. The SMILES string of the molecule is Cc1cc(-c2cnc3n[nH]c(-c4ccccc4)c3n2)ccn1. The van der Waals surface area contributed by atoms with Crippen molar-refractivity contribution in [3.8, 4) is 22.5 Å². The molecule has 0 saturated carbocycles. The molecular weight excluding hydrogens is 274 g/mol. The zero-order valence-electron chi connectivity index (χ0n) is 12.0. The second-order valence-corrected chi connectivity index (χ2v) is 5.08. The van der Waals surface area contributed by atoms with Crippen LogP contribution in [0.4, 0.5) is 0 Å². The van der Waals surface area contributed by atoms with Crippen LogP contribution in [0.25, 0.3) is 33.7 Å². The van der Waals surface area contributed by atoms with E-state index in [1.165, 1.54) is 0 Å². The van der Waals surface area contributed by atoms with Gasteiger partial charge in [-0.15, -0.1) is 0 Å². The second kappa shape index (κ2) is 5.04. The van der Waals surface area contributed by atoms with Crippen LogP contribution in [0.15, 0.2) is 54.9 Å². The molecule has 4 aromatic rings. The molecule has 3 aromatic heterocycles. The number of hydrogen-bond acceptors (Lipinski definition) is 4. The van der Waals surface area contributed by atoms with Crippen molar-refractivity contribution in [1.82, 2.24) is 25.1 Å². The predicted molar refractivity (Wildman–Crippen MR) is 85.1 cm³/mol. The second-order valence-electron chi connectivity index (χ2n) is 5.08. The highest BCUT2D eigenvalue weighted by Gasteiger charge is 2.11. The summed E-state index contributed by atoms with van der Waals surface area (Å²) in [5.41, 5.74) is 6.10. The lowest BCUT2D eigenvalue weighted by atomic mass is 10.1. The fourth-order valence-electron chi connectivity index (χ4n) is 2.44. The lowest BCUT2D eigenvalue weighted by Crippen LogP contribution is -1.90. The van der Waals surface area contributed by atoms with Gasteiger partial charge in [0.1, 0.15) is 5.52 Å². The maximum atomic E-state index is 4.74. The van der Waals surface area contributed by atoms with Gasteiger partial charge in [0.2, 0.25) is 0 Å². The van der Waals surface area contributed by atoms with Gasteiger partial charge in [-0.25, -0.2) is 9.97 Å². The summed E-state index contributed by atoms with van der Waals surface area (Å²) in [4.78, 5) is 13.4. The number of aromatic amines is 1. The minimum Gasteiger partial charge on any atom is -0.273 e. The molecule has 0 radical (unpaired) electrons. The lowest BCUT2D eigenvalue weighted by molar-refractivity contribution is 1.10. The molecule has 5 heteroatoms. The minimum atomic E-state index is 0.619. The summed E-state index contributed by atoms with van der Waals surface area (Å²) >= 11 is 0. The van der Waals surface area contributed by atoms with Gasteiger partial charge in [0.25, 0.3) is 0 Å². The van der Waals surface area contributed by atoms with Gasteiger partial charge >= 0.3 is 0 Å². The number of H-pyrrole nitrogens is 1. The average Bonchev–Trinajstić information content (AvgIpc) is 2.99. The fraction of sp³-hybridized carbons (Fsp3) is 0.0588. The molecule has 0 fully saturated rings. The Bertz CT molecular complexity index is 944. The van der Waals surface area contributed by atoms with Crippen LogP contribution >= 0.6 is 0 Å². The topological polar surface area (TPSA) is 67.3 Å². The molecule has 1 N–H and O–H groups in total. The number of rotatable bonds is 2. The summed E-state index contributed by atoms with van der Waals surface area (Å²) < 4.78 is 0. The lowest BCUT2D eigenvalue weighted by Gasteiger charge is -2.02. The number of fused-ring (bicyclic) bond motifs is 1. The maximum Gasteiger partial charge on any atom is 0.200 e. The van der Waals surface area contributed by atoms with E-state index in [1.54, 1.807) is 12.4 Å².